The van der Waals surface area contributed by atoms with Crippen LogP contribution < -0.4 is 10.6 Å². The number of carbonyl (C=O) groups excluding carboxylic acids is 2. The molecule has 34 heavy (non-hydrogen) atoms. The molecule has 7 heteroatoms. The largest absolute Gasteiger partial charge is 0.361 e. The Morgan fingerprint density at radius 3 is 2.44 bits per heavy atom. The minimum atomic E-state index is -0.288. The number of fused-ring (bicyclic) bond motifs is 2. The summed E-state index contributed by atoms with van der Waals surface area (Å²) in [6.45, 7) is 0.374. The van der Waals surface area contributed by atoms with Crippen LogP contribution in [0.5, 0.6) is 0 Å². The molecule has 0 aliphatic rings. The van der Waals surface area contributed by atoms with Crippen molar-refractivity contribution < 1.29 is 9.59 Å². The van der Waals surface area contributed by atoms with Crippen LogP contribution in [0.4, 0.5) is 0 Å². The molecule has 2 heterocycles. The lowest BCUT2D eigenvalue weighted by Gasteiger charge is -2.08. The molecule has 2 amide bonds. The summed E-state index contributed by atoms with van der Waals surface area (Å²) in [5.74, 6) is -0.526. The maximum absolute atomic E-state index is 12.7. The summed E-state index contributed by atoms with van der Waals surface area (Å²) in [5.41, 5.74) is 5.65. The monoisotopic (exact) mass is 470 g/mol. The highest BCUT2D eigenvalue weighted by Crippen LogP contribution is 2.29. The summed E-state index contributed by atoms with van der Waals surface area (Å²) in [6.07, 6.45) is 4.53. The summed E-state index contributed by atoms with van der Waals surface area (Å²) in [5, 5.41) is 8.25. The second-order valence-corrected chi connectivity index (χ2v) is 8.55. The lowest BCUT2D eigenvalue weighted by molar-refractivity contribution is -0.120. The molecular weight excluding hydrogens is 448 g/mol. The van der Waals surface area contributed by atoms with Gasteiger partial charge in [0.05, 0.1) is 6.54 Å². The number of benzene rings is 3. The Morgan fingerprint density at radius 2 is 1.59 bits per heavy atom. The fourth-order valence-corrected chi connectivity index (χ4v) is 4.31. The first-order valence-electron chi connectivity index (χ1n) is 11.1. The molecule has 4 N–H and O–H groups in total. The third-order valence-corrected chi connectivity index (χ3v) is 6.12. The Balaban J connectivity index is 1.18. The Bertz CT molecular complexity index is 1490. The molecule has 0 saturated carbocycles. The quantitative estimate of drug-likeness (QED) is 0.268. The van der Waals surface area contributed by atoms with Gasteiger partial charge in [-0.3, -0.25) is 9.59 Å². The third kappa shape index (κ3) is 4.54. The van der Waals surface area contributed by atoms with E-state index < -0.39 is 0 Å². The van der Waals surface area contributed by atoms with Gasteiger partial charge in [-0.1, -0.05) is 41.9 Å². The molecule has 5 rings (SSSR count). The van der Waals surface area contributed by atoms with Crippen LogP contribution in [0, 0.1) is 0 Å². The Hall–Kier alpha value is -4.03. The average Bonchev–Trinajstić information content (AvgIpc) is 3.46. The van der Waals surface area contributed by atoms with Crippen LogP contribution in [0.1, 0.15) is 15.9 Å². The molecule has 5 aromatic rings. The minimum Gasteiger partial charge on any atom is -0.361 e. The van der Waals surface area contributed by atoms with Crippen LogP contribution in [0.2, 0.25) is 5.02 Å². The number of aromatic nitrogens is 2. The van der Waals surface area contributed by atoms with Gasteiger partial charge < -0.3 is 20.6 Å². The molecule has 0 atom stereocenters. The smallest absolute Gasteiger partial charge is 0.251 e. The topological polar surface area (TPSA) is 89.8 Å². The first kappa shape index (κ1) is 21.8. The van der Waals surface area contributed by atoms with E-state index in [4.69, 9.17) is 11.6 Å². The molecule has 0 unspecified atom stereocenters. The predicted octanol–water partition coefficient (Wildman–Crippen LogP) is 5.06. The van der Waals surface area contributed by atoms with Crippen molar-refractivity contribution in [3.05, 3.63) is 95.3 Å². The number of hydrogen-bond acceptors (Lipinski definition) is 2. The van der Waals surface area contributed by atoms with Gasteiger partial charge in [-0.2, -0.15) is 0 Å². The number of nitrogens with one attached hydrogen (secondary N) is 4. The zero-order valence-electron chi connectivity index (χ0n) is 18.3. The molecule has 6 nitrogen and oxygen atoms in total. The maximum atomic E-state index is 12.7. The second kappa shape index (κ2) is 9.45. The van der Waals surface area contributed by atoms with Gasteiger partial charge in [-0.25, -0.2) is 0 Å². The van der Waals surface area contributed by atoms with Gasteiger partial charge >= 0.3 is 0 Å². The number of amides is 2. The maximum Gasteiger partial charge on any atom is 0.251 e. The van der Waals surface area contributed by atoms with Crippen molar-refractivity contribution in [1.82, 2.24) is 20.6 Å². The number of hydrogen-bond donors (Lipinski definition) is 4. The SMILES string of the molecule is O=C(CNC(=O)c1ccc2[nH]cc(-c3ccccc3)c2c1)NCCc1c[nH]c2ccc(Cl)cc12. The van der Waals surface area contributed by atoms with Crippen molar-refractivity contribution in [2.75, 3.05) is 13.1 Å². The van der Waals surface area contributed by atoms with Gasteiger partial charge in [-0.05, 0) is 53.9 Å². The lowest BCUT2D eigenvalue weighted by Crippen LogP contribution is -2.37. The van der Waals surface area contributed by atoms with Gasteiger partial charge in [0, 0.05) is 56.9 Å². The number of halogens is 1. The van der Waals surface area contributed by atoms with Crippen molar-refractivity contribution in [3.8, 4) is 11.1 Å². The molecular formula is C27H23ClN4O2. The molecule has 0 spiro atoms. The molecule has 2 aromatic heterocycles. The van der Waals surface area contributed by atoms with Crippen molar-refractivity contribution in [3.63, 3.8) is 0 Å². The average molecular weight is 471 g/mol. The molecule has 170 valence electrons. The van der Waals surface area contributed by atoms with Crippen LogP contribution in [0.3, 0.4) is 0 Å². The van der Waals surface area contributed by atoms with E-state index in [0.29, 0.717) is 23.6 Å². The summed E-state index contributed by atoms with van der Waals surface area (Å²) >= 11 is 6.09. The fourth-order valence-electron chi connectivity index (χ4n) is 4.14. The molecule has 0 fully saturated rings. The van der Waals surface area contributed by atoms with Crippen LogP contribution >= 0.6 is 11.6 Å². The normalized spacial score (nSPS) is 11.1. The third-order valence-electron chi connectivity index (χ3n) is 5.88. The van der Waals surface area contributed by atoms with Gasteiger partial charge in [0.2, 0.25) is 5.91 Å². The van der Waals surface area contributed by atoms with Crippen LogP contribution in [0.15, 0.2) is 79.1 Å². The first-order valence-corrected chi connectivity index (χ1v) is 11.4. The summed E-state index contributed by atoms with van der Waals surface area (Å²) < 4.78 is 0. The highest BCUT2D eigenvalue weighted by atomic mass is 35.5. The molecule has 3 aromatic carbocycles. The fraction of sp³-hybridized carbons (Fsp3) is 0.111. The van der Waals surface area contributed by atoms with E-state index in [1.807, 2.05) is 73.1 Å². The van der Waals surface area contributed by atoms with Crippen LogP contribution in [0.25, 0.3) is 32.9 Å². The van der Waals surface area contributed by atoms with E-state index >= 15 is 0 Å². The molecule has 0 radical (unpaired) electrons. The Morgan fingerprint density at radius 1 is 0.824 bits per heavy atom. The molecule has 0 aliphatic carbocycles. The molecule has 0 saturated heterocycles. The zero-order valence-corrected chi connectivity index (χ0v) is 19.1. The minimum absolute atomic E-state index is 0.0880. The Kier molecular flexibility index (Phi) is 6.06. The predicted molar refractivity (Wildman–Crippen MR) is 136 cm³/mol. The first-order chi connectivity index (χ1) is 16.6. The van der Waals surface area contributed by atoms with Crippen LogP contribution in [-0.2, 0) is 11.2 Å². The van der Waals surface area contributed by atoms with Crippen molar-refractivity contribution in [2.45, 2.75) is 6.42 Å². The second-order valence-electron chi connectivity index (χ2n) is 8.12. The highest BCUT2D eigenvalue weighted by molar-refractivity contribution is 6.31. The van der Waals surface area contributed by atoms with E-state index in [9.17, 15) is 9.59 Å². The number of carbonyl (C=O) groups is 2. The van der Waals surface area contributed by atoms with E-state index in [-0.39, 0.29) is 18.4 Å². The number of rotatable bonds is 7. The van der Waals surface area contributed by atoms with Gasteiger partial charge in [0.25, 0.3) is 5.91 Å². The van der Waals surface area contributed by atoms with Gasteiger partial charge in [0.1, 0.15) is 0 Å². The van der Waals surface area contributed by atoms with E-state index in [1.165, 1.54) is 0 Å². The number of H-pyrrole nitrogens is 2. The van der Waals surface area contributed by atoms with Crippen LogP contribution in [-0.4, -0.2) is 34.9 Å². The zero-order chi connectivity index (χ0) is 23.5. The Labute approximate surface area is 201 Å². The van der Waals surface area contributed by atoms with Gasteiger partial charge in [0.15, 0.2) is 0 Å². The number of aromatic amines is 2. The van der Waals surface area contributed by atoms with E-state index in [1.54, 1.807) is 6.07 Å². The van der Waals surface area contributed by atoms with Crippen molar-refractivity contribution in [2.24, 2.45) is 0 Å². The standard InChI is InChI=1S/C27H23ClN4O2/c28-20-7-9-24-21(13-20)19(14-30-24)10-11-29-26(33)16-32-27(34)18-6-8-25-22(12-18)23(15-31-25)17-4-2-1-3-5-17/h1-9,12-15,30-31H,10-11,16H2,(H,29,33)(H,32,34). The summed E-state index contributed by atoms with van der Waals surface area (Å²) in [4.78, 5) is 31.4. The highest BCUT2D eigenvalue weighted by Gasteiger charge is 2.12. The van der Waals surface area contributed by atoms with E-state index in [2.05, 4.69) is 20.6 Å². The lowest BCUT2D eigenvalue weighted by atomic mass is 10.0. The van der Waals surface area contributed by atoms with Gasteiger partial charge in [-0.15, -0.1) is 0 Å². The van der Waals surface area contributed by atoms with Crippen molar-refractivity contribution >= 4 is 45.2 Å². The molecule has 0 bridgehead atoms. The van der Waals surface area contributed by atoms with E-state index in [0.717, 1.165) is 38.5 Å². The summed E-state index contributed by atoms with van der Waals surface area (Å²) in [7, 11) is 0. The molecule has 0 aliphatic heterocycles. The van der Waals surface area contributed by atoms with Crippen molar-refractivity contribution in [1.29, 1.82) is 0 Å². The summed E-state index contributed by atoms with van der Waals surface area (Å²) in [6, 6.07) is 21.2.